The van der Waals surface area contributed by atoms with Crippen molar-refractivity contribution >= 4 is 0 Å². The van der Waals surface area contributed by atoms with Crippen molar-refractivity contribution in [3.63, 3.8) is 0 Å². The Morgan fingerprint density at radius 2 is 1.94 bits per heavy atom. The Bertz CT molecular complexity index is 358. The standard InChI is InChI=1S/C11H12F3NO/c12-11(13,14)8-5-6-15-10(7-8)16-9-3-1-2-4-9/h5-7,9H,1-4H2. The summed E-state index contributed by atoms with van der Waals surface area (Å²) in [5.74, 6) is 0.0710. The third-order valence-electron chi connectivity index (χ3n) is 2.65. The highest BCUT2D eigenvalue weighted by Crippen LogP contribution is 2.31. The average molecular weight is 231 g/mol. The van der Waals surface area contributed by atoms with Gasteiger partial charge in [0.05, 0.1) is 5.56 Å². The molecular weight excluding hydrogens is 219 g/mol. The molecule has 1 heterocycles. The smallest absolute Gasteiger partial charge is 0.416 e. The Labute approximate surface area is 91.4 Å². The first-order chi connectivity index (χ1) is 7.55. The number of rotatable bonds is 2. The van der Waals surface area contributed by atoms with E-state index in [9.17, 15) is 13.2 Å². The summed E-state index contributed by atoms with van der Waals surface area (Å²) in [6, 6.07) is 1.90. The summed E-state index contributed by atoms with van der Waals surface area (Å²) in [5, 5.41) is 0. The molecule has 88 valence electrons. The first-order valence-corrected chi connectivity index (χ1v) is 5.25. The van der Waals surface area contributed by atoms with Crippen molar-refractivity contribution in [1.29, 1.82) is 0 Å². The molecule has 1 aliphatic rings. The zero-order chi connectivity index (χ0) is 11.6. The molecule has 1 aromatic rings. The molecule has 5 heteroatoms. The summed E-state index contributed by atoms with van der Waals surface area (Å²) in [6.45, 7) is 0. The van der Waals surface area contributed by atoms with Gasteiger partial charge in [0.2, 0.25) is 5.88 Å². The number of halogens is 3. The van der Waals surface area contributed by atoms with Crippen LogP contribution in [0.5, 0.6) is 5.88 Å². The summed E-state index contributed by atoms with van der Waals surface area (Å²) in [6.07, 6.45) is 0.767. The minimum Gasteiger partial charge on any atom is -0.474 e. The second kappa shape index (κ2) is 4.31. The summed E-state index contributed by atoms with van der Waals surface area (Å²) in [5.41, 5.74) is -0.713. The van der Waals surface area contributed by atoms with E-state index in [0.717, 1.165) is 44.0 Å². The average Bonchev–Trinajstić information content (AvgIpc) is 2.70. The molecule has 0 aliphatic heterocycles. The fourth-order valence-electron chi connectivity index (χ4n) is 1.83. The van der Waals surface area contributed by atoms with E-state index in [-0.39, 0.29) is 12.0 Å². The summed E-state index contributed by atoms with van der Waals surface area (Å²) < 4.78 is 42.6. The molecule has 0 aromatic carbocycles. The topological polar surface area (TPSA) is 22.1 Å². The van der Waals surface area contributed by atoms with E-state index in [0.29, 0.717) is 0 Å². The largest absolute Gasteiger partial charge is 0.474 e. The van der Waals surface area contributed by atoms with E-state index < -0.39 is 11.7 Å². The van der Waals surface area contributed by atoms with Crippen molar-refractivity contribution in [3.05, 3.63) is 23.9 Å². The molecule has 0 amide bonds. The maximum atomic E-state index is 12.4. The third kappa shape index (κ3) is 2.65. The molecule has 2 rings (SSSR count). The molecule has 0 atom stereocenters. The number of nitrogens with zero attached hydrogens (tertiary/aromatic N) is 1. The molecule has 0 bridgehead atoms. The first kappa shape index (κ1) is 11.2. The maximum Gasteiger partial charge on any atom is 0.416 e. The minimum absolute atomic E-state index is 0.0241. The van der Waals surface area contributed by atoms with Gasteiger partial charge >= 0.3 is 6.18 Å². The zero-order valence-electron chi connectivity index (χ0n) is 8.63. The van der Waals surface area contributed by atoms with Crippen LogP contribution < -0.4 is 4.74 Å². The van der Waals surface area contributed by atoms with Gasteiger partial charge in [0.25, 0.3) is 0 Å². The van der Waals surface area contributed by atoms with Crippen LogP contribution in [0.25, 0.3) is 0 Å². The highest BCUT2D eigenvalue weighted by Gasteiger charge is 2.31. The van der Waals surface area contributed by atoms with Gasteiger partial charge in [-0.3, -0.25) is 0 Å². The van der Waals surface area contributed by atoms with E-state index in [1.165, 1.54) is 0 Å². The van der Waals surface area contributed by atoms with Crippen LogP contribution in [0.15, 0.2) is 18.3 Å². The van der Waals surface area contributed by atoms with Gasteiger partial charge in [0, 0.05) is 12.3 Å². The Hall–Kier alpha value is -1.26. The quantitative estimate of drug-likeness (QED) is 0.778. The van der Waals surface area contributed by atoms with Crippen molar-refractivity contribution in [2.75, 3.05) is 0 Å². The van der Waals surface area contributed by atoms with E-state index >= 15 is 0 Å². The van der Waals surface area contributed by atoms with Crippen LogP contribution in [-0.2, 0) is 6.18 Å². The van der Waals surface area contributed by atoms with E-state index in [1.807, 2.05) is 0 Å². The fraction of sp³-hybridized carbons (Fsp3) is 0.545. The number of pyridine rings is 1. The predicted molar refractivity (Wildman–Crippen MR) is 52.1 cm³/mol. The van der Waals surface area contributed by atoms with Gasteiger partial charge < -0.3 is 4.74 Å². The monoisotopic (exact) mass is 231 g/mol. The van der Waals surface area contributed by atoms with Gasteiger partial charge in [-0.2, -0.15) is 13.2 Å². The van der Waals surface area contributed by atoms with Gasteiger partial charge in [0.15, 0.2) is 0 Å². The molecule has 1 saturated carbocycles. The third-order valence-corrected chi connectivity index (χ3v) is 2.65. The molecule has 1 fully saturated rings. The second-order valence-electron chi connectivity index (χ2n) is 3.90. The fourth-order valence-corrected chi connectivity index (χ4v) is 1.83. The normalized spacial score (nSPS) is 17.7. The molecule has 0 N–H and O–H groups in total. The molecule has 0 radical (unpaired) electrons. The van der Waals surface area contributed by atoms with Gasteiger partial charge in [-0.1, -0.05) is 0 Å². The lowest BCUT2D eigenvalue weighted by atomic mass is 10.2. The molecule has 1 aliphatic carbocycles. The minimum atomic E-state index is -4.34. The number of aromatic nitrogens is 1. The van der Waals surface area contributed by atoms with Gasteiger partial charge in [-0.15, -0.1) is 0 Å². The van der Waals surface area contributed by atoms with E-state index in [1.54, 1.807) is 0 Å². The first-order valence-electron chi connectivity index (χ1n) is 5.25. The molecule has 2 nitrogen and oxygen atoms in total. The highest BCUT2D eigenvalue weighted by atomic mass is 19.4. The number of hydrogen-bond donors (Lipinski definition) is 0. The van der Waals surface area contributed by atoms with Gasteiger partial charge in [0.1, 0.15) is 6.10 Å². The lowest BCUT2D eigenvalue weighted by Crippen LogP contribution is -2.13. The number of hydrogen-bond acceptors (Lipinski definition) is 2. The summed E-state index contributed by atoms with van der Waals surface area (Å²) in [4.78, 5) is 3.79. The van der Waals surface area contributed by atoms with Crippen molar-refractivity contribution in [1.82, 2.24) is 4.98 Å². The molecule has 0 saturated heterocycles. The lowest BCUT2D eigenvalue weighted by molar-refractivity contribution is -0.137. The van der Waals surface area contributed by atoms with Crippen LogP contribution in [0.4, 0.5) is 13.2 Å². The Morgan fingerprint density at radius 1 is 1.25 bits per heavy atom. The van der Waals surface area contributed by atoms with Gasteiger partial charge in [-0.25, -0.2) is 4.98 Å². The lowest BCUT2D eigenvalue weighted by Gasteiger charge is -2.13. The van der Waals surface area contributed by atoms with Crippen molar-refractivity contribution in [3.8, 4) is 5.88 Å². The van der Waals surface area contributed by atoms with Crippen molar-refractivity contribution in [2.45, 2.75) is 38.0 Å². The van der Waals surface area contributed by atoms with Crippen LogP contribution in [0, 0.1) is 0 Å². The van der Waals surface area contributed by atoms with E-state index in [2.05, 4.69) is 4.98 Å². The van der Waals surface area contributed by atoms with E-state index in [4.69, 9.17) is 4.74 Å². The van der Waals surface area contributed by atoms with Crippen molar-refractivity contribution in [2.24, 2.45) is 0 Å². The zero-order valence-corrected chi connectivity index (χ0v) is 8.63. The Balaban J connectivity index is 2.09. The highest BCUT2D eigenvalue weighted by molar-refractivity contribution is 5.23. The van der Waals surface area contributed by atoms with Crippen LogP contribution in [0.1, 0.15) is 31.2 Å². The van der Waals surface area contributed by atoms with Crippen LogP contribution in [-0.4, -0.2) is 11.1 Å². The maximum absolute atomic E-state index is 12.4. The summed E-state index contributed by atoms with van der Waals surface area (Å²) >= 11 is 0. The molecule has 0 spiro atoms. The molecular formula is C11H12F3NO. The van der Waals surface area contributed by atoms with Crippen LogP contribution in [0.3, 0.4) is 0 Å². The van der Waals surface area contributed by atoms with Crippen molar-refractivity contribution < 1.29 is 17.9 Å². The summed E-state index contributed by atoms with van der Waals surface area (Å²) in [7, 11) is 0. The molecule has 16 heavy (non-hydrogen) atoms. The molecule has 0 unspecified atom stereocenters. The Morgan fingerprint density at radius 3 is 2.56 bits per heavy atom. The predicted octanol–water partition coefficient (Wildman–Crippen LogP) is 3.42. The molecule has 1 aromatic heterocycles. The van der Waals surface area contributed by atoms with Gasteiger partial charge in [-0.05, 0) is 31.7 Å². The number of ether oxygens (including phenoxy) is 1. The SMILES string of the molecule is FC(F)(F)c1ccnc(OC2CCCC2)c1. The number of alkyl halides is 3. The second-order valence-corrected chi connectivity index (χ2v) is 3.90. The van der Waals surface area contributed by atoms with Crippen LogP contribution in [0.2, 0.25) is 0 Å². The Kier molecular flexibility index (Phi) is 3.03. The van der Waals surface area contributed by atoms with Crippen LogP contribution >= 0.6 is 0 Å².